The number of fused-ring (bicyclic) bond motifs is 1. The zero-order valence-corrected chi connectivity index (χ0v) is 12.3. The van der Waals surface area contributed by atoms with Crippen molar-refractivity contribution in [1.29, 1.82) is 0 Å². The van der Waals surface area contributed by atoms with Crippen LogP contribution in [0.2, 0.25) is 0 Å². The van der Waals surface area contributed by atoms with Crippen LogP contribution in [0, 0.1) is 6.92 Å². The molecule has 0 saturated heterocycles. The van der Waals surface area contributed by atoms with Crippen molar-refractivity contribution in [3.8, 4) is 0 Å². The molecule has 90 valence electrons. The van der Waals surface area contributed by atoms with E-state index in [0.717, 1.165) is 4.47 Å². The van der Waals surface area contributed by atoms with Crippen LogP contribution in [0.4, 0.5) is 0 Å². The van der Waals surface area contributed by atoms with Crippen molar-refractivity contribution < 1.29 is 0 Å². The first-order valence-corrected chi connectivity index (χ1v) is 7.31. The maximum Gasteiger partial charge on any atom is 0.0624 e. The quantitative estimate of drug-likeness (QED) is 0.623. The highest BCUT2D eigenvalue weighted by Crippen LogP contribution is 2.30. The monoisotopic (exact) mass is 317 g/mol. The molecule has 0 spiro atoms. The van der Waals surface area contributed by atoms with E-state index >= 15 is 0 Å². The van der Waals surface area contributed by atoms with Crippen LogP contribution < -0.4 is 0 Å². The van der Waals surface area contributed by atoms with Gasteiger partial charge in [0.05, 0.1) is 5.52 Å². The number of halogens is 1. The lowest BCUT2D eigenvalue weighted by Crippen LogP contribution is -1.87. The summed E-state index contributed by atoms with van der Waals surface area (Å²) in [7, 11) is 0. The van der Waals surface area contributed by atoms with Crippen LogP contribution in [0.3, 0.4) is 0 Å². The van der Waals surface area contributed by atoms with Gasteiger partial charge in [-0.3, -0.25) is 3.97 Å². The van der Waals surface area contributed by atoms with E-state index < -0.39 is 0 Å². The first-order valence-electron chi connectivity index (χ1n) is 5.74. The van der Waals surface area contributed by atoms with E-state index in [4.69, 9.17) is 0 Å². The van der Waals surface area contributed by atoms with Crippen molar-refractivity contribution in [2.24, 2.45) is 0 Å². The third-order valence-electron chi connectivity index (χ3n) is 2.85. The second-order valence-electron chi connectivity index (χ2n) is 4.21. The van der Waals surface area contributed by atoms with Crippen LogP contribution in [-0.2, 0) is 0 Å². The van der Waals surface area contributed by atoms with E-state index in [1.54, 1.807) is 11.9 Å². The summed E-state index contributed by atoms with van der Waals surface area (Å²) in [6.07, 6.45) is 2.13. The predicted molar refractivity (Wildman–Crippen MR) is 82.1 cm³/mol. The molecule has 3 aromatic rings. The Labute approximate surface area is 119 Å². The zero-order valence-electron chi connectivity index (χ0n) is 9.93. The SMILES string of the molecule is Cc1cc(Br)cc2ccn(Sc3ccccc3)c12. The summed E-state index contributed by atoms with van der Waals surface area (Å²) in [6, 6.07) is 16.9. The van der Waals surface area contributed by atoms with Crippen LogP contribution in [0.15, 0.2) is 64.1 Å². The smallest absolute Gasteiger partial charge is 0.0624 e. The second-order valence-corrected chi connectivity index (χ2v) is 6.17. The summed E-state index contributed by atoms with van der Waals surface area (Å²) in [5, 5.41) is 1.27. The molecule has 0 saturated carbocycles. The average molecular weight is 318 g/mol. The molecule has 18 heavy (non-hydrogen) atoms. The highest BCUT2D eigenvalue weighted by molar-refractivity contribution is 9.10. The van der Waals surface area contributed by atoms with Gasteiger partial charge in [0.25, 0.3) is 0 Å². The minimum atomic E-state index is 1.13. The van der Waals surface area contributed by atoms with Gasteiger partial charge in [0.2, 0.25) is 0 Å². The number of aryl methyl sites for hydroxylation is 1. The minimum Gasteiger partial charge on any atom is -0.287 e. The van der Waals surface area contributed by atoms with Crippen molar-refractivity contribution >= 4 is 38.8 Å². The Kier molecular flexibility index (Phi) is 3.18. The minimum absolute atomic E-state index is 1.13. The normalized spacial score (nSPS) is 11.0. The molecule has 1 nitrogen and oxygen atoms in total. The van der Waals surface area contributed by atoms with Gasteiger partial charge < -0.3 is 0 Å². The first-order chi connectivity index (χ1) is 8.74. The van der Waals surface area contributed by atoms with Gasteiger partial charge in [-0.2, -0.15) is 0 Å². The number of nitrogens with zero attached hydrogens (tertiary/aromatic N) is 1. The van der Waals surface area contributed by atoms with E-state index in [1.165, 1.54) is 21.4 Å². The molecule has 1 aromatic heterocycles. The van der Waals surface area contributed by atoms with Gasteiger partial charge in [-0.05, 0) is 54.8 Å². The van der Waals surface area contributed by atoms with E-state index in [9.17, 15) is 0 Å². The lowest BCUT2D eigenvalue weighted by atomic mass is 10.2. The molecular weight excluding hydrogens is 306 g/mol. The van der Waals surface area contributed by atoms with E-state index in [0.29, 0.717) is 0 Å². The third-order valence-corrected chi connectivity index (χ3v) is 4.29. The molecule has 0 bridgehead atoms. The van der Waals surface area contributed by atoms with E-state index in [1.807, 2.05) is 6.07 Å². The van der Waals surface area contributed by atoms with Crippen molar-refractivity contribution in [1.82, 2.24) is 3.97 Å². The average Bonchev–Trinajstić information content (AvgIpc) is 2.73. The highest BCUT2D eigenvalue weighted by atomic mass is 79.9. The fourth-order valence-electron chi connectivity index (χ4n) is 2.08. The van der Waals surface area contributed by atoms with Gasteiger partial charge in [0.15, 0.2) is 0 Å². The third kappa shape index (κ3) is 2.20. The molecule has 0 aliphatic rings. The summed E-state index contributed by atoms with van der Waals surface area (Å²) in [5.74, 6) is 0. The van der Waals surface area contributed by atoms with Crippen molar-refractivity contribution in [2.75, 3.05) is 0 Å². The molecule has 0 unspecified atom stereocenters. The van der Waals surface area contributed by atoms with Gasteiger partial charge in [-0.1, -0.05) is 34.1 Å². The molecule has 0 fully saturated rings. The van der Waals surface area contributed by atoms with E-state index in [-0.39, 0.29) is 0 Å². The maximum absolute atomic E-state index is 3.54. The number of hydrogen-bond acceptors (Lipinski definition) is 1. The lowest BCUT2D eigenvalue weighted by Gasteiger charge is -2.07. The fraction of sp³-hybridized carbons (Fsp3) is 0.0667. The van der Waals surface area contributed by atoms with Crippen LogP contribution in [-0.4, -0.2) is 3.97 Å². The molecule has 0 radical (unpaired) electrons. The summed E-state index contributed by atoms with van der Waals surface area (Å²) in [6.45, 7) is 2.15. The Morgan fingerprint density at radius 3 is 2.61 bits per heavy atom. The van der Waals surface area contributed by atoms with Crippen LogP contribution in [0.1, 0.15) is 5.56 Å². The largest absolute Gasteiger partial charge is 0.287 e. The van der Waals surface area contributed by atoms with Gasteiger partial charge in [0.1, 0.15) is 0 Å². The number of benzene rings is 2. The summed E-state index contributed by atoms with van der Waals surface area (Å²) in [4.78, 5) is 1.25. The molecule has 0 amide bonds. The van der Waals surface area contributed by atoms with Crippen molar-refractivity contribution in [3.05, 3.63) is 64.8 Å². The molecule has 2 aromatic carbocycles. The summed E-state index contributed by atoms with van der Waals surface area (Å²) < 4.78 is 3.36. The Hall–Kier alpha value is -1.19. The Morgan fingerprint density at radius 2 is 1.83 bits per heavy atom. The van der Waals surface area contributed by atoms with Gasteiger partial charge in [-0.25, -0.2) is 0 Å². The summed E-state index contributed by atoms with van der Waals surface area (Å²) >= 11 is 5.29. The lowest BCUT2D eigenvalue weighted by molar-refractivity contribution is 1.29. The molecule has 3 heteroatoms. The standard InChI is InChI=1S/C15H12BrNS/c1-11-9-13(16)10-12-7-8-17(15(11)12)18-14-5-3-2-4-6-14/h2-10H,1H3. The molecule has 1 heterocycles. The molecular formula is C15H12BrNS. The fourth-order valence-corrected chi connectivity index (χ4v) is 3.64. The van der Waals surface area contributed by atoms with Gasteiger partial charge in [-0.15, -0.1) is 0 Å². The predicted octanol–water partition coefficient (Wildman–Crippen LogP) is 5.27. The second kappa shape index (κ2) is 4.82. The molecule has 0 aliphatic carbocycles. The molecule has 0 atom stereocenters. The van der Waals surface area contributed by atoms with Crippen molar-refractivity contribution in [3.63, 3.8) is 0 Å². The molecule has 0 aliphatic heterocycles. The highest BCUT2D eigenvalue weighted by Gasteiger charge is 2.06. The van der Waals surface area contributed by atoms with Gasteiger partial charge >= 0.3 is 0 Å². The van der Waals surface area contributed by atoms with Gasteiger partial charge in [0, 0.05) is 21.0 Å². The van der Waals surface area contributed by atoms with Crippen LogP contribution >= 0.6 is 27.9 Å². The topological polar surface area (TPSA) is 4.93 Å². The molecule has 3 rings (SSSR count). The van der Waals surface area contributed by atoms with Crippen molar-refractivity contribution in [2.45, 2.75) is 11.8 Å². The Bertz CT molecular complexity index is 688. The number of rotatable bonds is 2. The number of aromatic nitrogens is 1. The van der Waals surface area contributed by atoms with E-state index in [2.05, 4.69) is 75.5 Å². The maximum atomic E-state index is 3.54. The molecule has 0 N–H and O–H groups in total. The zero-order chi connectivity index (χ0) is 12.5. The Balaban J connectivity index is 2.08. The number of hydrogen-bond donors (Lipinski definition) is 0. The summed E-state index contributed by atoms with van der Waals surface area (Å²) in [5.41, 5.74) is 2.57. The van der Waals surface area contributed by atoms with Crippen LogP contribution in [0.5, 0.6) is 0 Å². The van der Waals surface area contributed by atoms with Crippen LogP contribution in [0.25, 0.3) is 10.9 Å². The Morgan fingerprint density at radius 1 is 1.06 bits per heavy atom. The first kappa shape index (κ1) is 11.9.